The van der Waals surface area contributed by atoms with Crippen molar-refractivity contribution in [2.75, 3.05) is 0 Å². The fraction of sp³-hybridized carbons (Fsp3) is 0.300. The summed E-state index contributed by atoms with van der Waals surface area (Å²) in [5.41, 5.74) is 0.795. The van der Waals surface area contributed by atoms with E-state index >= 15 is 0 Å². The number of carbonyl (C=O) groups is 1. The van der Waals surface area contributed by atoms with E-state index in [4.69, 9.17) is 0 Å². The van der Waals surface area contributed by atoms with Gasteiger partial charge in [-0.25, -0.2) is 4.79 Å². The minimum Gasteiger partial charge on any atom is -0.318 e. The van der Waals surface area contributed by atoms with Gasteiger partial charge in [-0.15, -0.1) is 0 Å². The number of hydrogen-bond acceptors (Lipinski definition) is 4. The molecule has 1 aromatic rings. The number of oxime groups is 1. The third-order valence-corrected chi connectivity index (χ3v) is 1.50. The zero-order chi connectivity index (χ0) is 10.4. The molecule has 74 valence electrons. The Labute approximate surface area is 82.6 Å². The second-order valence-corrected chi connectivity index (χ2v) is 3.09. The highest BCUT2D eigenvalue weighted by molar-refractivity contribution is 5.79. The van der Waals surface area contributed by atoms with Crippen LogP contribution in [-0.4, -0.2) is 17.2 Å². The van der Waals surface area contributed by atoms with Gasteiger partial charge in [-0.05, 0) is 6.07 Å². The summed E-state index contributed by atoms with van der Waals surface area (Å²) in [5.74, 6) is -0.508. The van der Waals surface area contributed by atoms with Crippen molar-refractivity contribution in [2.24, 2.45) is 11.1 Å². The molecule has 1 rings (SSSR count). The number of carbonyl (C=O) groups excluding carboxylic acids is 1. The van der Waals surface area contributed by atoms with Gasteiger partial charge in [0.15, 0.2) is 0 Å². The summed E-state index contributed by atoms with van der Waals surface area (Å²) in [6, 6.07) is 3.60. The maximum Gasteiger partial charge on any atom is 0.337 e. The SMILES string of the molecule is CC(C)C(=O)O/N=C/c1cccnc1. The maximum absolute atomic E-state index is 11.0. The van der Waals surface area contributed by atoms with Crippen LogP contribution in [0.3, 0.4) is 0 Å². The van der Waals surface area contributed by atoms with Crippen LogP contribution >= 0.6 is 0 Å². The van der Waals surface area contributed by atoms with Crippen LogP contribution in [0, 0.1) is 5.92 Å². The Bertz CT molecular complexity index is 320. The first-order valence-electron chi connectivity index (χ1n) is 4.34. The second-order valence-electron chi connectivity index (χ2n) is 3.09. The van der Waals surface area contributed by atoms with E-state index in [1.54, 1.807) is 32.3 Å². The van der Waals surface area contributed by atoms with Gasteiger partial charge in [-0.3, -0.25) is 4.98 Å². The molecule has 14 heavy (non-hydrogen) atoms. The zero-order valence-electron chi connectivity index (χ0n) is 8.18. The molecule has 0 atom stereocenters. The molecular formula is C10H12N2O2. The van der Waals surface area contributed by atoms with Crippen LogP contribution in [-0.2, 0) is 9.63 Å². The van der Waals surface area contributed by atoms with Gasteiger partial charge in [-0.1, -0.05) is 25.1 Å². The number of pyridine rings is 1. The van der Waals surface area contributed by atoms with Crippen molar-refractivity contribution in [1.82, 2.24) is 4.98 Å². The van der Waals surface area contributed by atoms with Gasteiger partial charge in [0, 0.05) is 18.0 Å². The van der Waals surface area contributed by atoms with E-state index in [1.807, 2.05) is 6.07 Å². The topological polar surface area (TPSA) is 51.5 Å². The van der Waals surface area contributed by atoms with Crippen molar-refractivity contribution in [2.45, 2.75) is 13.8 Å². The lowest BCUT2D eigenvalue weighted by Gasteiger charge is -1.98. The summed E-state index contributed by atoms with van der Waals surface area (Å²) in [7, 11) is 0. The number of aromatic nitrogens is 1. The lowest BCUT2D eigenvalue weighted by atomic mass is 10.2. The fourth-order valence-corrected chi connectivity index (χ4v) is 0.697. The third kappa shape index (κ3) is 3.35. The van der Waals surface area contributed by atoms with Gasteiger partial charge in [0.2, 0.25) is 0 Å². The Kier molecular flexibility index (Phi) is 3.79. The van der Waals surface area contributed by atoms with E-state index < -0.39 is 0 Å². The fourth-order valence-electron chi connectivity index (χ4n) is 0.697. The smallest absolute Gasteiger partial charge is 0.318 e. The molecule has 1 heterocycles. The van der Waals surface area contributed by atoms with Gasteiger partial charge >= 0.3 is 5.97 Å². The van der Waals surface area contributed by atoms with Crippen molar-refractivity contribution >= 4 is 12.2 Å². The largest absolute Gasteiger partial charge is 0.337 e. The molecule has 0 radical (unpaired) electrons. The molecule has 0 N–H and O–H groups in total. The van der Waals surface area contributed by atoms with Crippen molar-refractivity contribution in [3.63, 3.8) is 0 Å². The molecule has 0 spiro atoms. The van der Waals surface area contributed by atoms with Crippen LogP contribution < -0.4 is 0 Å². The summed E-state index contributed by atoms with van der Waals surface area (Å²) in [6.45, 7) is 3.50. The molecular weight excluding hydrogens is 180 g/mol. The summed E-state index contributed by atoms with van der Waals surface area (Å²) < 4.78 is 0. The van der Waals surface area contributed by atoms with Crippen LogP contribution in [0.1, 0.15) is 19.4 Å². The van der Waals surface area contributed by atoms with E-state index in [0.717, 1.165) is 5.56 Å². The molecule has 0 bridgehead atoms. The highest BCUT2D eigenvalue weighted by Gasteiger charge is 2.06. The highest BCUT2D eigenvalue weighted by atomic mass is 16.7. The average molecular weight is 192 g/mol. The molecule has 0 saturated heterocycles. The Morgan fingerprint density at radius 1 is 1.64 bits per heavy atom. The molecule has 0 aliphatic carbocycles. The van der Waals surface area contributed by atoms with E-state index in [-0.39, 0.29) is 11.9 Å². The van der Waals surface area contributed by atoms with Crippen LogP contribution in [0.15, 0.2) is 29.7 Å². The van der Waals surface area contributed by atoms with Crippen LogP contribution in [0.4, 0.5) is 0 Å². The minimum atomic E-state index is -0.342. The zero-order valence-corrected chi connectivity index (χ0v) is 8.18. The summed E-state index contributed by atoms with van der Waals surface area (Å²) in [5, 5.41) is 3.55. The summed E-state index contributed by atoms with van der Waals surface area (Å²) in [4.78, 5) is 19.5. The monoisotopic (exact) mass is 192 g/mol. The number of hydrogen-bond donors (Lipinski definition) is 0. The lowest BCUT2D eigenvalue weighted by Crippen LogP contribution is -2.08. The molecule has 0 saturated carbocycles. The van der Waals surface area contributed by atoms with Gasteiger partial charge in [0.25, 0.3) is 0 Å². The van der Waals surface area contributed by atoms with E-state index in [1.165, 1.54) is 6.21 Å². The standard InChI is InChI=1S/C10H12N2O2/c1-8(2)10(13)14-12-7-9-4-3-5-11-6-9/h3-8H,1-2H3/b12-7+. The third-order valence-electron chi connectivity index (χ3n) is 1.50. The van der Waals surface area contributed by atoms with E-state index in [9.17, 15) is 4.79 Å². The van der Waals surface area contributed by atoms with Crippen molar-refractivity contribution in [3.8, 4) is 0 Å². The quantitative estimate of drug-likeness (QED) is 0.415. The second kappa shape index (κ2) is 5.11. The molecule has 0 unspecified atom stereocenters. The highest BCUT2D eigenvalue weighted by Crippen LogP contribution is 1.96. The summed E-state index contributed by atoms with van der Waals surface area (Å²) in [6.07, 6.45) is 4.75. The normalized spacial score (nSPS) is 10.8. The van der Waals surface area contributed by atoms with Crippen molar-refractivity contribution in [1.29, 1.82) is 0 Å². The Morgan fingerprint density at radius 3 is 3.00 bits per heavy atom. The first-order chi connectivity index (χ1) is 6.70. The molecule has 4 nitrogen and oxygen atoms in total. The predicted octanol–water partition coefficient (Wildman–Crippen LogP) is 1.61. The predicted molar refractivity (Wildman–Crippen MR) is 52.8 cm³/mol. The van der Waals surface area contributed by atoms with Gasteiger partial charge in [0.1, 0.15) is 0 Å². The Morgan fingerprint density at radius 2 is 2.43 bits per heavy atom. The Balaban J connectivity index is 2.46. The van der Waals surface area contributed by atoms with Crippen LogP contribution in [0.2, 0.25) is 0 Å². The van der Waals surface area contributed by atoms with Gasteiger partial charge in [-0.2, -0.15) is 0 Å². The average Bonchev–Trinajstić information content (AvgIpc) is 2.19. The van der Waals surface area contributed by atoms with Crippen LogP contribution in [0.25, 0.3) is 0 Å². The lowest BCUT2D eigenvalue weighted by molar-refractivity contribution is -0.147. The first kappa shape index (κ1) is 10.4. The van der Waals surface area contributed by atoms with E-state index in [2.05, 4.69) is 15.0 Å². The van der Waals surface area contributed by atoms with Crippen LogP contribution in [0.5, 0.6) is 0 Å². The molecule has 1 aromatic heterocycles. The minimum absolute atomic E-state index is 0.166. The number of nitrogens with zero attached hydrogens (tertiary/aromatic N) is 2. The van der Waals surface area contributed by atoms with Gasteiger partial charge in [0.05, 0.1) is 12.1 Å². The van der Waals surface area contributed by atoms with E-state index in [0.29, 0.717) is 0 Å². The maximum atomic E-state index is 11.0. The van der Waals surface area contributed by atoms with Crippen molar-refractivity contribution in [3.05, 3.63) is 30.1 Å². The van der Waals surface area contributed by atoms with Crippen molar-refractivity contribution < 1.29 is 9.63 Å². The first-order valence-corrected chi connectivity index (χ1v) is 4.34. The summed E-state index contributed by atoms with van der Waals surface area (Å²) >= 11 is 0. The molecule has 0 amide bonds. The molecule has 0 aliphatic rings. The molecule has 0 fully saturated rings. The molecule has 4 heteroatoms. The number of rotatable bonds is 3. The molecule has 0 aliphatic heterocycles. The Hall–Kier alpha value is -1.71. The molecule has 0 aromatic carbocycles. The van der Waals surface area contributed by atoms with Gasteiger partial charge < -0.3 is 4.84 Å².